The molecule has 0 aliphatic carbocycles. The average molecular weight is 281 g/mol. The van der Waals surface area contributed by atoms with Gasteiger partial charge in [0.05, 0.1) is 13.2 Å². The van der Waals surface area contributed by atoms with Gasteiger partial charge in [-0.3, -0.25) is 5.32 Å². The molecule has 84 valence electrons. The molecule has 0 bridgehead atoms. The van der Waals surface area contributed by atoms with E-state index in [1.807, 2.05) is 18.2 Å². The van der Waals surface area contributed by atoms with Crippen LogP contribution in [0.5, 0.6) is 5.75 Å². The lowest BCUT2D eigenvalue weighted by Gasteiger charge is -2.14. The molecular formula is C12H13BrN2O. The number of benzene rings is 1. The summed E-state index contributed by atoms with van der Waals surface area (Å²) in [6.45, 7) is 4.19. The lowest BCUT2D eigenvalue weighted by molar-refractivity contribution is 0.406. The number of methoxy groups -OCH3 is 1. The first-order valence-corrected chi connectivity index (χ1v) is 5.59. The molecule has 1 aromatic carbocycles. The van der Waals surface area contributed by atoms with Crippen LogP contribution in [-0.2, 0) is 0 Å². The minimum Gasteiger partial charge on any atom is -0.496 e. The van der Waals surface area contributed by atoms with Crippen molar-refractivity contribution < 1.29 is 4.74 Å². The minimum absolute atomic E-state index is 0.398. The normalized spacial score (nSPS) is 11.6. The van der Waals surface area contributed by atoms with Crippen molar-refractivity contribution in [2.75, 3.05) is 13.7 Å². The molecule has 3 nitrogen and oxygen atoms in total. The van der Waals surface area contributed by atoms with Crippen molar-refractivity contribution in [3.8, 4) is 11.8 Å². The minimum atomic E-state index is -0.398. The quantitative estimate of drug-likeness (QED) is 0.844. The van der Waals surface area contributed by atoms with Crippen LogP contribution in [0.4, 0.5) is 0 Å². The van der Waals surface area contributed by atoms with Gasteiger partial charge in [-0.25, -0.2) is 0 Å². The number of rotatable bonds is 5. The fraction of sp³-hybridized carbons (Fsp3) is 0.250. The third kappa shape index (κ3) is 3.09. The van der Waals surface area contributed by atoms with E-state index in [9.17, 15) is 0 Å². The zero-order valence-electron chi connectivity index (χ0n) is 9.03. The van der Waals surface area contributed by atoms with Crippen molar-refractivity contribution in [3.63, 3.8) is 0 Å². The Balaban J connectivity index is 3.03. The molecule has 4 heteroatoms. The molecule has 0 saturated carbocycles. The molecule has 0 amide bonds. The Labute approximate surface area is 104 Å². The number of ether oxygens (including phenoxy) is 1. The summed E-state index contributed by atoms with van der Waals surface area (Å²) in [5.74, 6) is 0.700. The van der Waals surface area contributed by atoms with Crippen molar-refractivity contribution >= 4 is 15.9 Å². The first-order chi connectivity index (χ1) is 7.72. The van der Waals surface area contributed by atoms with E-state index in [1.165, 1.54) is 0 Å². The predicted octanol–water partition coefficient (Wildman–Crippen LogP) is 2.80. The van der Waals surface area contributed by atoms with Crippen LogP contribution >= 0.6 is 15.9 Å². The summed E-state index contributed by atoms with van der Waals surface area (Å²) in [4.78, 5) is 0. The molecule has 0 aromatic heterocycles. The summed E-state index contributed by atoms with van der Waals surface area (Å²) in [5, 5.41) is 12.2. The zero-order valence-corrected chi connectivity index (χ0v) is 10.6. The number of halogens is 1. The predicted molar refractivity (Wildman–Crippen MR) is 67.2 cm³/mol. The number of hydrogen-bond acceptors (Lipinski definition) is 3. The first kappa shape index (κ1) is 12.8. The maximum atomic E-state index is 9.10. The molecule has 0 spiro atoms. The van der Waals surface area contributed by atoms with Gasteiger partial charge in [0.1, 0.15) is 11.8 Å². The van der Waals surface area contributed by atoms with Gasteiger partial charge >= 0.3 is 0 Å². The average Bonchev–Trinajstić information content (AvgIpc) is 2.30. The highest BCUT2D eigenvalue weighted by atomic mass is 79.9. The van der Waals surface area contributed by atoms with E-state index in [0.717, 1.165) is 10.0 Å². The molecule has 0 aliphatic heterocycles. The summed E-state index contributed by atoms with van der Waals surface area (Å²) in [7, 11) is 1.59. The van der Waals surface area contributed by atoms with Gasteiger partial charge in [-0.1, -0.05) is 22.0 Å². The SMILES string of the molecule is C=CCNC(C#N)c1cc(Br)ccc1OC. The molecule has 1 unspecified atom stereocenters. The van der Waals surface area contributed by atoms with Crippen LogP contribution in [-0.4, -0.2) is 13.7 Å². The Kier molecular flexibility index (Phi) is 5.03. The summed E-state index contributed by atoms with van der Waals surface area (Å²) in [6.07, 6.45) is 1.72. The van der Waals surface area contributed by atoms with E-state index in [4.69, 9.17) is 10.00 Å². The molecule has 0 fully saturated rings. The lowest BCUT2D eigenvalue weighted by atomic mass is 10.1. The molecule has 1 N–H and O–H groups in total. The van der Waals surface area contributed by atoms with Gasteiger partial charge in [-0.15, -0.1) is 6.58 Å². The molecule has 0 saturated heterocycles. The van der Waals surface area contributed by atoms with Crippen molar-refractivity contribution in [3.05, 3.63) is 40.9 Å². The first-order valence-electron chi connectivity index (χ1n) is 4.80. The Morgan fingerprint density at radius 3 is 3.00 bits per heavy atom. The Morgan fingerprint density at radius 2 is 2.44 bits per heavy atom. The van der Waals surface area contributed by atoms with Crippen LogP contribution in [0.3, 0.4) is 0 Å². The highest BCUT2D eigenvalue weighted by Gasteiger charge is 2.14. The van der Waals surface area contributed by atoms with Crippen LogP contribution in [0.1, 0.15) is 11.6 Å². The Morgan fingerprint density at radius 1 is 1.69 bits per heavy atom. The second kappa shape index (κ2) is 6.31. The van der Waals surface area contributed by atoms with Crippen LogP contribution in [0.25, 0.3) is 0 Å². The van der Waals surface area contributed by atoms with Gasteiger partial charge in [-0.05, 0) is 18.2 Å². The van der Waals surface area contributed by atoms with E-state index < -0.39 is 6.04 Å². The van der Waals surface area contributed by atoms with E-state index in [2.05, 4.69) is 33.9 Å². The fourth-order valence-electron chi connectivity index (χ4n) is 1.36. The summed E-state index contributed by atoms with van der Waals surface area (Å²) in [5.41, 5.74) is 0.821. The van der Waals surface area contributed by atoms with Gasteiger partial charge in [0, 0.05) is 16.6 Å². The van der Waals surface area contributed by atoms with Crippen LogP contribution in [0.15, 0.2) is 35.3 Å². The molecule has 0 heterocycles. The molecule has 0 aliphatic rings. The van der Waals surface area contributed by atoms with Gasteiger partial charge in [0.2, 0.25) is 0 Å². The molecule has 1 atom stereocenters. The maximum Gasteiger partial charge on any atom is 0.125 e. The van der Waals surface area contributed by atoms with Crippen molar-refractivity contribution in [1.29, 1.82) is 5.26 Å². The van der Waals surface area contributed by atoms with Gasteiger partial charge in [0.25, 0.3) is 0 Å². The van der Waals surface area contributed by atoms with E-state index in [1.54, 1.807) is 13.2 Å². The van der Waals surface area contributed by atoms with Crippen molar-refractivity contribution in [2.45, 2.75) is 6.04 Å². The van der Waals surface area contributed by atoms with Gasteiger partial charge in [-0.2, -0.15) is 5.26 Å². The van der Waals surface area contributed by atoms with E-state index >= 15 is 0 Å². The molecule has 1 rings (SSSR count). The zero-order chi connectivity index (χ0) is 12.0. The fourth-order valence-corrected chi connectivity index (χ4v) is 1.74. The lowest BCUT2D eigenvalue weighted by Crippen LogP contribution is -2.20. The van der Waals surface area contributed by atoms with E-state index in [-0.39, 0.29) is 0 Å². The smallest absolute Gasteiger partial charge is 0.125 e. The number of nitrogens with zero attached hydrogens (tertiary/aromatic N) is 1. The second-order valence-electron chi connectivity index (χ2n) is 3.15. The summed E-state index contributed by atoms with van der Waals surface area (Å²) >= 11 is 3.38. The van der Waals surface area contributed by atoms with Crippen LogP contribution in [0.2, 0.25) is 0 Å². The number of nitriles is 1. The van der Waals surface area contributed by atoms with Crippen LogP contribution in [0, 0.1) is 11.3 Å². The van der Waals surface area contributed by atoms with Crippen molar-refractivity contribution in [2.24, 2.45) is 0 Å². The molecule has 16 heavy (non-hydrogen) atoms. The standard InChI is InChI=1S/C12H13BrN2O/c1-3-6-15-11(8-14)10-7-9(13)4-5-12(10)16-2/h3-5,7,11,15H,1,6H2,2H3. The molecule has 1 aromatic rings. The van der Waals surface area contributed by atoms with E-state index in [0.29, 0.717) is 12.3 Å². The number of hydrogen-bond donors (Lipinski definition) is 1. The second-order valence-corrected chi connectivity index (χ2v) is 4.06. The molecular weight excluding hydrogens is 268 g/mol. The van der Waals surface area contributed by atoms with Crippen LogP contribution < -0.4 is 10.1 Å². The maximum absolute atomic E-state index is 9.10. The third-order valence-corrected chi connectivity index (χ3v) is 2.59. The Bertz CT molecular complexity index is 412. The highest BCUT2D eigenvalue weighted by molar-refractivity contribution is 9.10. The number of nitrogens with one attached hydrogen (secondary N) is 1. The largest absolute Gasteiger partial charge is 0.496 e. The van der Waals surface area contributed by atoms with Crippen molar-refractivity contribution in [1.82, 2.24) is 5.32 Å². The van der Waals surface area contributed by atoms with Gasteiger partial charge in [0.15, 0.2) is 0 Å². The topological polar surface area (TPSA) is 45.0 Å². The highest BCUT2D eigenvalue weighted by Crippen LogP contribution is 2.28. The Hall–Kier alpha value is -1.31. The summed E-state index contributed by atoms with van der Waals surface area (Å²) < 4.78 is 6.15. The monoisotopic (exact) mass is 280 g/mol. The van der Waals surface area contributed by atoms with Gasteiger partial charge < -0.3 is 4.74 Å². The molecule has 0 radical (unpaired) electrons. The third-order valence-electron chi connectivity index (χ3n) is 2.10. The summed E-state index contributed by atoms with van der Waals surface area (Å²) in [6, 6.07) is 7.39.